The Bertz CT molecular complexity index is 938. The number of carboxylic acid groups (broad SMARTS) is 2. The molecule has 0 radical (unpaired) electrons. The summed E-state index contributed by atoms with van der Waals surface area (Å²) in [7, 11) is 0. The van der Waals surface area contributed by atoms with Crippen molar-refractivity contribution in [3.05, 3.63) is 70.3 Å². The lowest BCUT2D eigenvalue weighted by Gasteiger charge is -2.10. The van der Waals surface area contributed by atoms with Crippen LogP contribution in [0.5, 0.6) is 0 Å². The zero-order chi connectivity index (χ0) is 21.6. The first-order chi connectivity index (χ1) is 13.6. The normalized spacial score (nSPS) is 11.9. The lowest BCUT2D eigenvalue weighted by Crippen LogP contribution is -2.22. The molecular formula is C20H18F3NO5. The molecule has 0 aliphatic carbocycles. The summed E-state index contributed by atoms with van der Waals surface area (Å²) < 4.78 is 37.9. The Kier molecular flexibility index (Phi) is 6.98. The largest absolute Gasteiger partial charge is 0.478 e. The van der Waals surface area contributed by atoms with E-state index in [0.29, 0.717) is 16.7 Å². The topological polar surface area (TPSA) is 96.2 Å². The summed E-state index contributed by atoms with van der Waals surface area (Å²) in [6.45, 7) is 1.14. The van der Waals surface area contributed by atoms with Crippen molar-refractivity contribution in [3.63, 3.8) is 0 Å². The number of alkyl halides is 3. The highest BCUT2D eigenvalue weighted by molar-refractivity contribution is 5.95. The van der Waals surface area contributed by atoms with Gasteiger partial charge in [-0.05, 0) is 41.7 Å². The van der Waals surface area contributed by atoms with Gasteiger partial charge in [-0.2, -0.15) is 13.2 Å². The van der Waals surface area contributed by atoms with Gasteiger partial charge in [-0.25, -0.2) is 9.59 Å². The summed E-state index contributed by atoms with van der Waals surface area (Å²) in [5, 5.41) is 21.5. The minimum Gasteiger partial charge on any atom is -0.478 e. The quantitative estimate of drug-likeness (QED) is 0.494. The molecule has 0 heterocycles. The molecule has 0 aromatic heterocycles. The van der Waals surface area contributed by atoms with Crippen LogP contribution in [-0.2, 0) is 17.9 Å². The zero-order valence-electron chi connectivity index (χ0n) is 15.4. The Morgan fingerprint density at radius 1 is 1.03 bits per heavy atom. The number of benzene rings is 2. The van der Waals surface area contributed by atoms with Crippen molar-refractivity contribution >= 4 is 17.7 Å². The number of rotatable bonds is 8. The van der Waals surface area contributed by atoms with E-state index in [9.17, 15) is 27.9 Å². The molecule has 0 spiro atoms. The lowest BCUT2D eigenvalue weighted by atomic mass is 9.97. The molecule has 0 bridgehead atoms. The molecule has 2 rings (SSSR count). The van der Waals surface area contributed by atoms with Gasteiger partial charge in [0.25, 0.3) is 0 Å². The van der Waals surface area contributed by atoms with Gasteiger partial charge in [0, 0.05) is 0 Å². The molecule has 29 heavy (non-hydrogen) atoms. The van der Waals surface area contributed by atoms with Crippen molar-refractivity contribution in [1.82, 2.24) is 0 Å². The number of halogens is 3. The van der Waals surface area contributed by atoms with Crippen molar-refractivity contribution in [2.24, 2.45) is 5.16 Å². The first-order valence-electron chi connectivity index (χ1n) is 8.55. The van der Waals surface area contributed by atoms with E-state index in [4.69, 9.17) is 9.94 Å². The Hall–Kier alpha value is -3.36. The van der Waals surface area contributed by atoms with Gasteiger partial charge in [0.2, 0.25) is 0 Å². The first-order valence-corrected chi connectivity index (χ1v) is 8.55. The highest BCUT2D eigenvalue weighted by Gasteiger charge is 2.35. The monoisotopic (exact) mass is 409 g/mol. The molecule has 2 aromatic rings. The van der Waals surface area contributed by atoms with Gasteiger partial charge < -0.3 is 15.1 Å². The SMILES string of the molecule is CCC(=NOCc1cccc(Cc2ccc(C(=O)O)cc2C(=O)O)c1)C(F)(F)F. The zero-order valence-corrected chi connectivity index (χ0v) is 15.4. The van der Waals surface area contributed by atoms with Gasteiger partial charge in [-0.15, -0.1) is 0 Å². The molecule has 6 nitrogen and oxygen atoms in total. The molecule has 0 saturated carbocycles. The minimum atomic E-state index is -4.55. The summed E-state index contributed by atoms with van der Waals surface area (Å²) in [5.74, 6) is -2.49. The van der Waals surface area contributed by atoms with Crippen LogP contribution in [0.4, 0.5) is 13.2 Å². The first kappa shape index (κ1) is 21.9. The fourth-order valence-electron chi connectivity index (χ4n) is 2.61. The average molecular weight is 409 g/mol. The van der Waals surface area contributed by atoms with Crippen molar-refractivity contribution in [1.29, 1.82) is 0 Å². The highest BCUT2D eigenvalue weighted by atomic mass is 19.4. The molecular weight excluding hydrogens is 391 g/mol. The summed E-state index contributed by atoms with van der Waals surface area (Å²) >= 11 is 0. The van der Waals surface area contributed by atoms with Gasteiger partial charge >= 0.3 is 18.1 Å². The van der Waals surface area contributed by atoms with E-state index in [0.717, 1.165) is 6.07 Å². The van der Waals surface area contributed by atoms with Gasteiger partial charge in [0.15, 0.2) is 5.71 Å². The number of hydrogen-bond acceptors (Lipinski definition) is 4. The highest BCUT2D eigenvalue weighted by Crippen LogP contribution is 2.21. The lowest BCUT2D eigenvalue weighted by molar-refractivity contribution is -0.0642. The Labute approximate surface area is 164 Å². The Morgan fingerprint density at radius 3 is 2.31 bits per heavy atom. The van der Waals surface area contributed by atoms with Crippen LogP contribution in [-0.4, -0.2) is 34.0 Å². The molecule has 9 heteroatoms. The number of carbonyl (C=O) groups is 2. The van der Waals surface area contributed by atoms with Crippen LogP contribution >= 0.6 is 0 Å². The van der Waals surface area contributed by atoms with Crippen molar-refractivity contribution in [3.8, 4) is 0 Å². The van der Waals surface area contributed by atoms with Crippen LogP contribution < -0.4 is 0 Å². The van der Waals surface area contributed by atoms with Gasteiger partial charge in [0.1, 0.15) is 6.61 Å². The van der Waals surface area contributed by atoms with Crippen LogP contribution in [0.25, 0.3) is 0 Å². The maximum Gasteiger partial charge on any atom is 0.432 e. The summed E-state index contributed by atoms with van der Waals surface area (Å²) in [6, 6.07) is 10.5. The maximum atomic E-state index is 12.6. The van der Waals surface area contributed by atoms with Crippen LogP contribution in [0.1, 0.15) is 50.8 Å². The predicted molar refractivity (Wildman–Crippen MR) is 98.2 cm³/mol. The minimum absolute atomic E-state index is 0.131. The summed E-state index contributed by atoms with van der Waals surface area (Å²) in [6.07, 6.45) is -4.67. The van der Waals surface area contributed by atoms with E-state index in [1.807, 2.05) is 0 Å². The molecule has 0 amide bonds. The maximum absolute atomic E-state index is 12.6. The Morgan fingerprint density at radius 2 is 1.72 bits per heavy atom. The van der Waals surface area contributed by atoms with E-state index >= 15 is 0 Å². The predicted octanol–water partition coefficient (Wildman–Crippen LogP) is 4.52. The average Bonchev–Trinajstić information content (AvgIpc) is 2.64. The molecule has 0 unspecified atom stereocenters. The third kappa shape index (κ3) is 6.06. The number of aromatic carboxylic acids is 2. The molecule has 2 aromatic carbocycles. The smallest absolute Gasteiger partial charge is 0.432 e. The second-order valence-electron chi connectivity index (χ2n) is 6.14. The molecule has 0 atom stereocenters. The number of carboxylic acids is 2. The van der Waals surface area contributed by atoms with E-state index in [1.165, 1.54) is 19.1 Å². The molecule has 0 saturated heterocycles. The summed E-state index contributed by atoms with van der Waals surface area (Å²) in [5.41, 5.74) is 0.369. The molecule has 0 aliphatic rings. The standard InChI is InChI=1S/C20H18F3NO5/c1-2-17(20(21,22)23)24-29-11-13-5-3-4-12(8-13)9-14-6-7-15(18(25)26)10-16(14)19(27)28/h3-8,10H,2,9,11H2,1H3,(H,25,26)(H,27,28). The number of nitrogens with zero attached hydrogens (tertiary/aromatic N) is 1. The third-order valence-corrected chi connectivity index (χ3v) is 4.04. The van der Waals surface area contributed by atoms with E-state index in [2.05, 4.69) is 5.16 Å². The molecule has 2 N–H and O–H groups in total. The second kappa shape index (κ2) is 9.22. The summed E-state index contributed by atoms with van der Waals surface area (Å²) in [4.78, 5) is 27.3. The van der Waals surface area contributed by atoms with Crippen LogP contribution in [0.15, 0.2) is 47.6 Å². The second-order valence-corrected chi connectivity index (χ2v) is 6.14. The van der Waals surface area contributed by atoms with E-state index in [1.54, 1.807) is 24.3 Å². The van der Waals surface area contributed by atoms with Crippen LogP contribution in [0.3, 0.4) is 0 Å². The molecule has 154 valence electrons. The van der Waals surface area contributed by atoms with Crippen molar-refractivity contribution in [2.45, 2.75) is 32.5 Å². The molecule has 0 aliphatic heterocycles. The Balaban J connectivity index is 2.17. The molecule has 0 fully saturated rings. The third-order valence-electron chi connectivity index (χ3n) is 4.04. The number of hydrogen-bond donors (Lipinski definition) is 2. The van der Waals surface area contributed by atoms with Crippen LogP contribution in [0.2, 0.25) is 0 Å². The van der Waals surface area contributed by atoms with Crippen molar-refractivity contribution in [2.75, 3.05) is 0 Å². The van der Waals surface area contributed by atoms with Gasteiger partial charge in [0.05, 0.1) is 11.1 Å². The fourth-order valence-corrected chi connectivity index (χ4v) is 2.61. The van der Waals surface area contributed by atoms with Gasteiger partial charge in [-0.1, -0.05) is 42.4 Å². The van der Waals surface area contributed by atoms with Crippen LogP contribution in [0, 0.1) is 0 Å². The van der Waals surface area contributed by atoms with E-state index in [-0.39, 0.29) is 30.6 Å². The van der Waals surface area contributed by atoms with Crippen molar-refractivity contribution < 1.29 is 37.8 Å². The fraction of sp³-hybridized carbons (Fsp3) is 0.250. The number of oxime groups is 1. The van der Waals surface area contributed by atoms with E-state index < -0.39 is 23.8 Å². The van der Waals surface area contributed by atoms with Gasteiger partial charge in [-0.3, -0.25) is 0 Å².